The zero-order valence-electron chi connectivity index (χ0n) is 11.1. The number of ether oxygens (including phenoxy) is 1. The summed E-state index contributed by atoms with van der Waals surface area (Å²) in [7, 11) is 1.86. The molecule has 4 heteroatoms. The topological polar surface area (TPSA) is 50.4 Å². The van der Waals surface area contributed by atoms with Crippen molar-refractivity contribution < 1.29 is 9.53 Å². The van der Waals surface area contributed by atoms with Crippen molar-refractivity contribution in [2.75, 3.05) is 25.6 Å². The Morgan fingerprint density at radius 1 is 1.28 bits per heavy atom. The molecule has 98 valence electrons. The van der Waals surface area contributed by atoms with Gasteiger partial charge in [-0.3, -0.25) is 4.79 Å². The molecule has 0 saturated carbocycles. The molecule has 1 amide bonds. The largest absolute Gasteiger partial charge is 0.379 e. The number of carbonyl (C=O) groups excluding carboxylic acids is 1. The molecule has 2 N–H and O–H groups in total. The maximum absolute atomic E-state index is 12.1. The average molecular weight is 248 g/mol. The second-order valence-corrected chi connectivity index (χ2v) is 4.83. The van der Waals surface area contributed by atoms with Crippen molar-refractivity contribution in [3.05, 3.63) is 29.3 Å². The lowest BCUT2D eigenvalue weighted by atomic mass is 10.0. The molecular formula is C14H20N2O2. The summed E-state index contributed by atoms with van der Waals surface area (Å²) in [5.74, 6) is -0.0910. The van der Waals surface area contributed by atoms with Gasteiger partial charge in [0.1, 0.15) is 0 Å². The molecule has 0 aromatic heterocycles. The van der Waals surface area contributed by atoms with E-state index in [1.807, 2.05) is 32.2 Å². The lowest BCUT2D eigenvalue weighted by Gasteiger charge is -2.16. The molecule has 2 rings (SSSR count). The molecule has 0 bridgehead atoms. The Morgan fingerprint density at radius 3 is 2.72 bits per heavy atom. The van der Waals surface area contributed by atoms with E-state index in [-0.39, 0.29) is 17.9 Å². The molecule has 4 nitrogen and oxygen atoms in total. The molecule has 0 spiro atoms. The number of rotatable bonds is 3. The van der Waals surface area contributed by atoms with Crippen molar-refractivity contribution in [1.29, 1.82) is 0 Å². The van der Waals surface area contributed by atoms with Gasteiger partial charge in [0, 0.05) is 11.7 Å². The predicted molar refractivity (Wildman–Crippen MR) is 71.7 cm³/mol. The smallest absolute Gasteiger partial charge is 0.231 e. The number of benzene rings is 1. The third kappa shape index (κ3) is 2.71. The van der Waals surface area contributed by atoms with Crippen LogP contribution in [-0.2, 0) is 9.53 Å². The van der Waals surface area contributed by atoms with Crippen LogP contribution in [0.1, 0.15) is 11.1 Å². The number of likely N-dealkylation sites (N-methyl/N-ethyl adjacent to an activating group) is 1. The Hall–Kier alpha value is -1.39. The van der Waals surface area contributed by atoms with Crippen LogP contribution in [0, 0.1) is 19.8 Å². The van der Waals surface area contributed by atoms with Crippen LogP contribution >= 0.6 is 0 Å². The van der Waals surface area contributed by atoms with Crippen LogP contribution in [0.25, 0.3) is 0 Å². The number of carbonyl (C=O) groups is 1. The first-order valence-corrected chi connectivity index (χ1v) is 6.25. The van der Waals surface area contributed by atoms with Crippen LogP contribution in [0.15, 0.2) is 18.2 Å². The molecule has 2 unspecified atom stereocenters. The van der Waals surface area contributed by atoms with E-state index in [0.717, 1.165) is 5.69 Å². The maximum Gasteiger partial charge on any atom is 0.231 e. The predicted octanol–water partition coefficient (Wildman–Crippen LogP) is 1.48. The monoisotopic (exact) mass is 248 g/mol. The molecule has 1 aromatic carbocycles. The minimum Gasteiger partial charge on any atom is -0.379 e. The van der Waals surface area contributed by atoms with Crippen LogP contribution < -0.4 is 10.6 Å². The van der Waals surface area contributed by atoms with Crippen LogP contribution in [0.3, 0.4) is 0 Å². The van der Waals surface area contributed by atoms with Crippen molar-refractivity contribution in [3.8, 4) is 0 Å². The third-order valence-electron chi connectivity index (χ3n) is 3.56. The molecule has 1 fully saturated rings. The second-order valence-electron chi connectivity index (χ2n) is 4.83. The summed E-state index contributed by atoms with van der Waals surface area (Å²) in [5.41, 5.74) is 3.26. The Balaban J connectivity index is 2.04. The number of aryl methyl sites for hydroxylation is 2. The molecule has 1 aliphatic rings. The summed E-state index contributed by atoms with van der Waals surface area (Å²) in [5, 5.41) is 6.07. The standard InChI is InChI=1S/C14H20N2O2/c1-9-4-5-11(6-10(9)2)16-14(17)12-7-18-8-13(12)15-3/h4-6,12-13,15H,7-8H2,1-3H3,(H,16,17). The van der Waals surface area contributed by atoms with Crippen molar-refractivity contribution in [2.45, 2.75) is 19.9 Å². The van der Waals surface area contributed by atoms with Crippen LogP contribution in [0.2, 0.25) is 0 Å². The molecular weight excluding hydrogens is 228 g/mol. The highest BCUT2D eigenvalue weighted by Gasteiger charge is 2.32. The summed E-state index contributed by atoms with van der Waals surface area (Å²) in [4.78, 5) is 12.1. The van der Waals surface area contributed by atoms with Gasteiger partial charge in [-0.2, -0.15) is 0 Å². The van der Waals surface area contributed by atoms with Crippen LogP contribution in [0.4, 0.5) is 5.69 Å². The first-order valence-electron chi connectivity index (χ1n) is 6.25. The lowest BCUT2D eigenvalue weighted by molar-refractivity contribution is -0.120. The van der Waals surface area contributed by atoms with E-state index in [2.05, 4.69) is 17.6 Å². The van der Waals surface area contributed by atoms with E-state index in [0.29, 0.717) is 13.2 Å². The van der Waals surface area contributed by atoms with Gasteiger partial charge in [0.25, 0.3) is 0 Å². The van der Waals surface area contributed by atoms with Gasteiger partial charge >= 0.3 is 0 Å². The zero-order chi connectivity index (χ0) is 13.1. The minimum absolute atomic E-state index is 0.0232. The van der Waals surface area contributed by atoms with Gasteiger partial charge in [-0.15, -0.1) is 0 Å². The summed E-state index contributed by atoms with van der Waals surface area (Å²) >= 11 is 0. The molecule has 2 atom stereocenters. The molecule has 0 aliphatic carbocycles. The zero-order valence-corrected chi connectivity index (χ0v) is 11.1. The first-order chi connectivity index (χ1) is 8.61. The molecule has 0 radical (unpaired) electrons. The fourth-order valence-electron chi connectivity index (χ4n) is 2.15. The normalized spacial score (nSPS) is 23.1. The van der Waals surface area contributed by atoms with E-state index in [4.69, 9.17) is 4.74 Å². The van der Waals surface area contributed by atoms with Crippen LogP contribution in [-0.4, -0.2) is 32.2 Å². The lowest BCUT2D eigenvalue weighted by Crippen LogP contribution is -2.39. The molecule has 18 heavy (non-hydrogen) atoms. The molecule has 1 saturated heterocycles. The maximum atomic E-state index is 12.1. The highest BCUT2D eigenvalue weighted by atomic mass is 16.5. The van der Waals surface area contributed by atoms with Gasteiger partial charge in [0.15, 0.2) is 0 Å². The van der Waals surface area contributed by atoms with Gasteiger partial charge < -0.3 is 15.4 Å². The number of hydrogen-bond donors (Lipinski definition) is 2. The van der Waals surface area contributed by atoms with Gasteiger partial charge in [-0.25, -0.2) is 0 Å². The van der Waals surface area contributed by atoms with E-state index in [1.165, 1.54) is 11.1 Å². The van der Waals surface area contributed by atoms with Gasteiger partial charge in [-0.05, 0) is 44.2 Å². The summed E-state index contributed by atoms with van der Waals surface area (Å²) in [6.45, 7) is 5.19. The van der Waals surface area contributed by atoms with Crippen molar-refractivity contribution in [3.63, 3.8) is 0 Å². The van der Waals surface area contributed by atoms with Crippen molar-refractivity contribution in [1.82, 2.24) is 5.32 Å². The summed E-state index contributed by atoms with van der Waals surface area (Å²) in [6.07, 6.45) is 0. The van der Waals surface area contributed by atoms with E-state index in [1.54, 1.807) is 0 Å². The van der Waals surface area contributed by atoms with Crippen LogP contribution in [0.5, 0.6) is 0 Å². The second kappa shape index (κ2) is 5.50. The van der Waals surface area contributed by atoms with Gasteiger partial charge in [0.05, 0.1) is 19.1 Å². The fourth-order valence-corrected chi connectivity index (χ4v) is 2.15. The summed E-state index contributed by atoms with van der Waals surface area (Å²) in [6, 6.07) is 6.06. The van der Waals surface area contributed by atoms with Gasteiger partial charge in [0.2, 0.25) is 5.91 Å². The number of nitrogens with one attached hydrogen (secondary N) is 2. The van der Waals surface area contributed by atoms with E-state index < -0.39 is 0 Å². The number of hydrogen-bond acceptors (Lipinski definition) is 3. The minimum atomic E-state index is -0.114. The number of anilines is 1. The third-order valence-corrected chi connectivity index (χ3v) is 3.56. The van der Waals surface area contributed by atoms with E-state index >= 15 is 0 Å². The highest BCUT2D eigenvalue weighted by molar-refractivity contribution is 5.93. The number of amides is 1. The average Bonchev–Trinajstić information content (AvgIpc) is 2.82. The fraction of sp³-hybridized carbons (Fsp3) is 0.500. The Kier molecular flexibility index (Phi) is 3.99. The SMILES string of the molecule is CNC1COCC1C(=O)Nc1ccc(C)c(C)c1. The Labute approximate surface area is 108 Å². The molecule has 1 aromatic rings. The Morgan fingerprint density at radius 2 is 2.06 bits per heavy atom. The summed E-state index contributed by atoms with van der Waals surface area (Å²) < 4.78 is 5.34. The van der Waals surface area contributed by atoms with Crippen molar-refractivity contribution in [2.24, 2.45) is 5.92 Å². The highest BCUT2D eigenvalue weighted by Crippen LogP contribution is 2.18. The Bertz CT molecular complexity index is 445. The first kappa shape index (κ1) is 13.1. The van der Waals surface area contributed by atoms with E-state index in [9.17, 15) is 4.79 Å². The molecule has 1 aliphatic heterocycles. The quantitative estimate of drug-likeness (QED) is 0.852. The van der Waals surface area contributed by atoms with Crippen molar-refractivity contribution >= 4 is 11.6 Å². The van der Waals surface area contributed by atoms with Gasteiger partial charge in [-0.1, -0.05) is 6.07 Å². The molecule has 1 heterocycles.